The Kier molecular flexibility index (Phi) is 12.7. The largest absolute Gasteiger partial charge is 0.744 e. The molecule has 0 spiro atoms. The molecule has 42 heavy (non-hydrogen) atoms. The topological polar surface area (TPSA) is 152 Å². The van der Waals surface area contributed by atoms with Crippen LogP contribution in [0.4, 0.5) is 5.69 Å². The molecule has 0 radical (unpaired) electrons. The van der Waals surface area contributed by atoms with Crippen LogP contribution in [0.2, 0.25) is 0 Å². The van der Waals surface area contributed by atoms with E-state index in [4.69, 9.17) is 14.6 Å². The van der Waals surface area contributed by atoms with Crippen LogP contribution < -0.4 is 9.47 Å². The molecule has 3 aromatic rings. The van der Waals surface area contributed by atoms with Crippen molar-refractivity contribution in [3.63, 3.8) is 0 Å². The normalized spacial score (nSPS) is 11.9. The Morgan fingerprint density at radius 3 is 2.21 bits per heavy atom. The smallest absolute Gasteiger partial charge is 0.359 e. The Labute approximate surface area is 247 Å². The predicted octanol–water partition coefficient (Wildman–Crippen LogP) is 4.06. The molecule has 0 unspecified atom stereocenters. The summed E-state index contributed by atoms with van der Waals surface area (Å²) in [7, 11) is 0.940. The Morgan fingerprint density at radius 2 is 1.67 bits per heavy atom. The summed E-state index contributed by atoms with van der Waals surface area (Å²) in [6.45, 7) is 6.65. The first kappa shape index (κ1) is 34.5. The van der Waals surface area contributed by atoms with Gasteiger partial charge in [-0.2, -0.15) is 4.57 Å². The molecular weight excluding hydrogens is 562 g/mol. The minimum Gasteiger partial charge on any atom is -0.744 e. The fourth-order valence-corrected chi connectivity index (χ4v) is 4.73. The lowest BCUT2D eigenvalue weighted by molar-refractivity contribution is -0.862. The van der Waals surface area contributed by atoms with Crippen LogP contribution in [0, 0.1) is 0 Å². The minimum atomic E-state index is -4.58. The standard InChI is InChI=1S/C25H30N2O6S.C5H11NO2/c1-3-26(4-2)21-10-9-19-16-22(33-24(19)17-21)13-11-20-12-14-23(34(30,31)32)18-27(20)15-7-5-6-8-25(28)29;1-6(2,3)4-5(7)8/h9-14,16-18H,3-8,15H2,1-2H3,(H-,28,29,30,31,32);4H2,1-3H3/p+1. The van der Waals surface area contributed by atoms with Gasteiger partial charge in [0.2, 0.25) is 5.69 Å². The second-order valence-electron chi connectivity index (χ2n) is 10.9. The number of fused-ring (bicyclic) bond motifs is 1. The number of aliphatic carboxylic acids is 2. The molecule has 2 heterocycles. The highest BCUT2D eigenvalue weighted by Crippen LogP contribution is 2.26. The molecule has 2 aromatic heterocycles. The number of carbonyl (C=O) groups is 2. The van der Waals surface area contributed by atoms with Crippen molar-refractivity contribution in [2.24, 2.45) is 0 Å². The number of quaternary nitrogens is 1. The van der Waals surface area contributed by atoms with Crippen molar-refractivity contribution in [2.45, 2.75) is 51.0 Å². The number of likely N-dealkylation sites (N-methyl/N-ethyl adjacent to an activating group) is 1. The summed E-state index contributed by atoms with van der Waals surface area (Å²) >= 11 is 0. The van der Waals surface area contributed by atoms with Crippen molar-refractivity contribution in [1.82, 2.24) is 0 Å². The van der Waals surface area contributed by atoms with Gasteiger partial charge in [-0.3, -0.25) is 4.79 Å². The molecule has 3 rings (SSSR count). The predicted molar refractivity (Wildman–Crippen MR) is 160 cm³/mol. The van der Waals surface area contributed by atoms with Crippen molar-refractivity contribution in [1.29, 1.82) is 0 Å². The minimum absolute atomic E-state index is 0.0917. The highest BCUT2D eigenvalue weighted by Gasteiger charge is 2.14. The van der Waals surface area contributed by atoms with E-state index in [0.29, 0.717) is 41.7 Å². The number of anilines is 1. The highest BCUT2D eigenvalue weighted by atomic mass is 32.2. The molecule has 0 aliphatic carbocycles. The number of nitrogens with zero attached hydrogens (tertiary/aromatic N) is 3. The van der Waals surface area contributed by atoms with Gasteiger partial charge < -0.3 is 28.6 Å². The first-order valence-corrected chi connectivity index (χ1v) is 15.2. The monoisotopic (exact) mass is 604 g/mol. The number of hydrogen-bond donors (Lipinski definition) is 2. The van der Waals surface area contributed by atoms with Gasteiger partial charge in [-0.25, -0.2) is 13.2 Å². The molecule has 0 saturated heterocycles. The maximum absolute atomic E-state index is 11.5. The molecule has 0 bridgehead atoms. The molecule has 1 aromatic carbocycles. The Morgan fingerprint density at radius 1 is 0.976 bits per heavy atom. The summed E-state index contributed by atoms with van der Waals surface area (Å²) in [5.41, 5.74) is 2.58. The quantitative estimate of drug-likeness (QED) is 0.120. The second-order valence-corrected chi connectivity index (χ2v) is 12.2. The van der Waals surface area contributed by atoms with E-state index < -0.39 is 22.1 Å². The van der Waals surface area contributed by atoms with Gasteiger partial charge >= 0.3 is 11.9 Å². The molecule has 0 aliphatic rings. The fourth-order valence-electron chi connectivity index (χ4n) is 4.24. The highest BCUT2D eigenvalue weighted by molar-refractivity contribution is 7.85. The van der Waals surface area contributed by atoms with E-state index in [2.05, 4.69) is 24.8 Å². The van der Waals surface area contributed by atoms with Crippen molar-refractivity contribution < 1.29 is 46.2 Å². The van der Waals surface area contributed by atoms with E-state index in [9.17, 15) is 22.6 Å². The van der Waals surface area contributed by atoms with Crippen LogP contribution in [0.25, 0.3) is 23.1 Å². The molecule has 0 fully saturated rings. The first-order valence-electron chi connectivity index (χ1n) is 13.8. The maximum Gasteiger partial charge on any atom is 0.359 e. The van der Waals surface area contributed by atoms with Crippen LogP contribution in [0.3, 0.4) is 0 Å². The number of rotatable bonds is 14. The van der Waals surface area contributed by atoms with E-state index >= 15 is 0 Å². The summed E-state index contributed by atoms with van der Waals surface area (Å²) in [6.07, 6.45) is 6.90. The van der Waals surface area contributed by atoms with Gasteiger partial charge in [0.1, 0.15) is 32.9 Å². The van der Waals surface area contributed by atoms with Crippen LogP contribution in [0.1, 0.15) is 51.0 Å². The van der Waals surface area contributed by atoms with Crippen LogP contribution in [0.5, 0.6) is 0 Å². The summed E-state index contributed by atoms with van der Waals surface area (Å²) in [5.74, 6) is -0.941. The van der Waals surface area contributed by atoms with Crippen molar-refractivity contribution in [2.75, 3.05) is 45.7 Å². The molecule has 0 saturated carbocycles. The van der Waals surface area contributed by atoms with Crippen LogP contribution in [0.15, 0.2) is 51.9 Å². The van der Waals surface area contributed by atoms with E-state index in [0.717, 1.165) is 29.7 Å². The fraction of sp³-hybridized carbons (Fsp3) is 0.433. The van der Waals surface area contributed by atoms with E-state index in [1.807, 2.05) is 45.4 Å². The molecule has 12 heteroatoms. The number of aromatic nitrogens is 1. The molecule has 230 valence electrons. The van der Waals surface area contributed by atoms with Gasteiger partial charge in [-0.05, 0) is 57.0 Å². The van der Waals surface area contributed by atoms with E-state index in [1.54, 1.807) is 16.7 Å². The van der Waals surface area contributed by atoms with Crippen molar-refractivity contribution in [3.05, 3.63) is 54.0 Å². The number of benzene rings is 1. The van der Waals surface area contributed by atoms with Gasteiger partial charge in [-0.1, -0.05) is 0 Å². The number of furan rings is 1. The summed E-state index contributed by atoms with van der Waals surface area (Å²) < 4.78 is 42.6. The number of hydrogen-bond acceptors (Lipinski definition) is 7. The summed E-state index contributed by atoms with van der Waals surface area (Å²) in [5, 5.41) is 18.0. The second kappa shape index (κ2) is 15.5. The van der Waals surface area contributed by atoms with Crippen molar-refractivity contribution >= 4 is 50.9 Å². The van der Waals surface area contributed by atoms with Gasteiger partial charge in [0.05, 0.1) is 21.1 Å². The summed E-state index contributed by atoms with van der Waals surface area (Å²) in [4.78, 5) is 22.6. The van der Waals surface area contributed by atoms with Gasteiger partial charge in [0, 0.05) is 55.2 Å². The Balaban J connectivity index is 0.000000675. The van der Waals surface area contributed by atoms with Crippen molar-refractivity contribution in [3.8, 4) is 0 Å². The van der Waals surface area contributed by atoms with E-state index in [-0.39, 0.29) is 17.9 Å². The third-order valence-electron chi connectivity index (χ3n) is 6.29. The lowest BCUT2D eigenvalue weighted by Gasteiger charge is -2.20. The molecule has 2 N–H and O–H groups in total. The zero-order valence-corrected chi connectivity index (χ0v) is 25.8. The maximum atomic E-state index is 11.5. The summed E-state index contributed by atoms with van der Waals surface area (Å²) in [6, 6.07) is 10.9. The number of unbranched alkanes of at least 4 members (excludes halogenated alkanes) is 2. The van der Waals surface area contributed by atoms with Gasteiger partial charge in [0.15, 0.2) is 12.7 Å². The lowest BCUT2D eigenvalue weighted by atomic mass is 10.2. The number of aryl methyl sites for hydroxylation is 1. The van der Waals surface area contributed by atoms with Crippen LogP contribution in [-0.4, -0.2) is 80.4 Å². The first-order chi connectivity index (χ1) is 19.6. The Bertz CT molecular complexity index is 1490. The number of pyridine rings is 1. The molecule has 11 nitrogen and oxygen atoms in total. The third-order valence-corrected chi connectivity index (χ3v) is 7.11. The zero-order valence-electron chi connectivity index (χ0n) is 24.9. The molecule has 0 atom stereocenters. The van der Waals surface area contributed by atoms with Crippen LogP contribution >= 0.6 is 0 Å². The van der Waals surface area contributed by atoms with Gasteiger partial charge in [-0.15, -0.1) is 0 Å². The molecule has 0 amide bonds. The number of carboxylic acids is 2. The average molecular weight is 605 g/mol. The molecular formula is C30H42N3O8S+. The Hall–Kier alpha value is -3.74. The average Bonchev–Trinajstić information content (AvgIpc) is 3.29. The third kappa shape index (κ3) is 11.6. The van der Waals surface area contributed by atoms with Gasteiger partial charge in [0.25, 0.3) is 0 Å². The SMILES string of the molecule is CCN(CC)c1ccc2cc(/C=C/c3ccc(S(=O)(=O)[O-])c[n+]3CCCCCC(=O)O)oc2c1.C[N+](C)(C)CC(=O)O. The lowest BCUT2D eigenvalue weighted by Crippen LogP contribution is -2.39. The van der Waals surface area contributed by atoms with Crippen LogP contribution in [-0.2, 0) is 26.3 Å². The van der Waals surface area contributed by atoms with E-state index in [1.165, 1.54) is 12.3 Å². The molecule has 0 aliphatic heterocycles. The number of carboxylic acid groups (broad SMARTS) is 2. The zero-order chi connectivity index (χ0) is 31.5.